The maximum atomic E-state index is 13.5. The van der Waals surface area contributed by atoms with E-state index in [1.165, 1.54) is 0 Å². The highest BCUT2D eigenvalue weighted by Gasteiger charge is 2.23. The van der Waals surface area contributed by atoms with Crippen LogP contribution in [0.3, 0.4) is 0 Å². The van der Waals surface area contributed by atoms with Crippen LogP contribution >= 0.6 is 0 Å². The lowest BCUT2D eigenvalue weighted by molar-refractivity contribution is -0.131. The molecule has 3 heterocycles. The number of nitrogens with zero attached hydrogens (tertiary/aromatic N) is 6. The van der Waals surface area contributed by atoms with Crippen molar-refractivity contribution >= 4 is 34.1 Å². The van der Waals surface area contributed by atoms with Gasteiger partial charge in [-0.15, -0.1) is 10.2 Å². The highest BCUT2D eigenvalue weighted by Crippen LogP contribution is 2.20. The van der Waals surface area contributed by atoms with E-state index < -0.39 is 0 Å². The predicted molar refractivity (Wildman–Crippen MR) is 159 cm³/mol. The molecule has 0 aliphatic carbocycles. The fourth-order valence-electron chi connectivity index (χ4n) is 5.49. The van der Waals surface area contributed by atoms with Gasteiger partial charge in [0.2, 0.25) is 11.7 Å². The van der Waals surface area contributed by atoms with Crippen LogP contribution < -0.4 is 10.5 Å². The Bertz CT molecular complexity index is 1800. The SMILES string of the molecule is CC(=O)c1ccc(N2CCN(C(=O)CCc3nnc4n(Cc5ccc(C)cc5)c(=O)c5ccccc5n34)CC2)cc1. The van der Waals surface area contributed by atoms with Crippen LogP contribution in [0.1, 0.15) is 40.7 Å². The number of anilines is 1. The Hall–Kier alpha value is -4.79. The number of carbonyl (C=O) groups excluding carboxylic acids is 2. The number of piperazine rings is 1. The first-order chi connectivity index (χ1) is 19.9. The number of benzene rings is 3. The van der Waals surface area contributed by atoms with Crippen molar-refractivity contribution in [1.82, 2.24) is 24.1 Å². The molecule has 0 radical (unpaired) electrons. The summed E-state index contributed by atoms with van der Waals surface area (Å²) in [6.07, 6.45) is 0.721. The molecule has 1 fully saturated rings. The number of aromatic nitrogens is 4. The van der Waals surface area contributed by atoms with Crippen molar-refractivity contribution in [2.45, 2.75) is 33.2 Å². The zero-order valence-corrected chi connectivity index (χ0v) is 23.3. The molecule has 0 spiro atoms. The van der Waals surface area contributed by atoms with E-state index in [4.69, 9.17) is 0 Å². The molecule has 41 heavy (non-hydrogen) atoms. The highest BCUT2D eigenvalue weighted by atomic mass is 16.2. The van der Waals surface area contributed by atoms with Gasteiger partial charge in [-0.1, -0.05) is 42.0 Å². The lowest BCUT2D eigenvalue weighted by Crippen LogP contribution is -2.48. The summed E-state index contributed by atoms with van der Waals surface area (Å²) >= 11 is 0. The zero-order chi connectivity index (χ0) is 28.5. The molecule has 2 aromatic heterocycles. The van der Waals surface area contributed by atoms with Crippen LogP contribution in [0.25, 0.3) is 16.7 Å². The summed E-state index contributed by atoms with van der Waals surface area (Å²) in [6.45, 7) is 6.70. The van der Waals surface area contributed by atoms with Gasteiger partial charge in [0.05, 0.1) is 17.4 Å². The molecule has 9 heteroatoms. The van der Waals surface area contributed by atoms with E-state index in [0.29, 0.717) is 55.0 Å². The molecular formula is C32H32N6O3. The van der Waals surface area contributed by atoms with Crippen molar-refractivity contribution in [2.24, 2.45) is 0 Å². The van der Waals surface area contributed by atoms with Crippen molar-refractivity contribution < 1.29 is 9.59 Å². The van der Waals surface area contributed by atoms with E-state index >= 15 is 0 Å². The second-order valence-corrected chi connectivity index (χ2v) is 10.6. The fraction of sp³-hybridized carbons (Fsp3) is 0.281. The average molecular weight is 549 g/mol. The highest BCUT2D eigenvalue weighted by molar-refractivity contribution is 5.94. The molecule has 1 aliphatic rings. The van der Waals surface area contributed by atoms with Gasteiger partial charge in [0.25, 0.3) is 5.56 Å². The molecule has 1 aliphatic heterocycles. The summed E-state index contributed by atoms with van der Waals surface area (Å²) in [5, 5.41) is 9.45. The standard InChI is InChI=1S/C32H32N6O3/c1-22-7-9-24(10-8-22)21-37-31(41)27-5-3-4-6-28(27)38-29(33-34-32(37)38)15-16-30(40)36-19-17-35(18-20-36)26-13-11-25(12-14-26)23(2)39/h3-14H,15-21H2,1-2H3. The van der Waals surface area contributed by atoms with Gasteiger partial charge < -0.3 is 9.80 Å². The van der Waals surface area contributed by atoms with Gasteiger partial charge in [0, 0.05) is 50.3 Å². The first-order valence-electron chi connectivity index (χ1n) is 13.9. The number of hydrogen-bond donors (Lipinski definition) is 0. The van der Waals surface area contributed by atoms with E-state index in [0.717, 1.165) is 35.4 Å². The first kappa shape index (κ1) is 26.4. The van der Waals surface area contributed by atoms with Gasteiger partial charge in [0.15, 0.2) is 5.78 Å². The molecule has 0 saturated carbocycles. The van der Waals surface area contributed by atoms with E-state index in [9.17, 15) is 14.4 Å². The van der Waals surface area contributed by atoms with Crippen molar-refractivity contribution in [3.8, 4) is 0 Å². The topological polar surface area (TPSA) is 92.8 Å². The minimum absolute atomic E-state index is 0.0509. The molecule has 0 unspecified atom stereocenters. The van der Waals surface area contributed by atoms with Crippen LogP contribution in [-0.4, -0.2) is 61.9 Å². The molecule has 0 atom stereocenters. The Kier molecular flexibility index (Phi) is 7.09. The number of aryl methyl sites for hydroxylation is 2. The lowest BCUT2D eigenvalue weighted by atomic mass is 10.1. The Balaban J connectivity index is 1.19. The Morgan fingerprint density at radius 3 is 2.27 bits per heavy atom. The van der Waals surface area contributed by atoms with Crippen LogP contribution in [-0.2, 0) is 17.8 Å². The minimum atomic E-state index is -0.113. The molecule has 1 saturated heterocycles. The minimum Gasteiger partial charge on any atom is -0.368 e. The Morgan fingerprint density at radius 2 is 1.56 bits per heavy atom. The summed E-state index contributed by atoms with van der Waals surface area (Å²) in [7, 11) is 0. The monoisotopic (exact) mass is 548 g/mol. The summed E-state index contributed by atoms with van der Waals surface area (Å²) in [6, 6.07) is 23.2. The summed E-state index contributed by atoms with van der Waals surface area (Å²) in [5.74, 6) is 1.26. The second-order valence-electron chi connectivity index (χ2n) is 10.6. The van der Waals surface area contributed by atoms with Crippen LogP contribution in [0.4, 0.5) is 5.69 Å². The van der Waals surface area contributed by atoms with Crippen LogP contribution in [0.15, 0.2) is 77.6 Å². The van der Waals surface area contributed by atoms with Gasteiger partial charge in [-0.25, -0.2) is 0 Å². The van der Waals surface area contributed by atoms with E-state index in [2.05, 4.69) is 15.1 Å². The van der Waals surface area contributed by atoms with E-state index in [1.807, 2.05) is 89.0 Å². The Morgan fingerprint density at radius 1 is 0.854 bits per heavy atom. The average Bonchev–Trinajstić information content (AvgIpc) is 3.43. The van der Waals surface area contributed by atoms with Gasteiger partial charge in [-0.05, 0) is 55.8 Å². The van der Waals surface area contributed by atoms with Crippen molar-refractivity contribution in [2.75, 3.05) is 31.1 Å². The first-order valence-corrected chi connectivity index (χ1v) is 13.9. The zero-order valence-electron chi connectivity index (χ0n) is 23.3. The third-order valence-electron chi connectivity index (χ3n) is 7.87. The number of para-hydroxylation sites is 1. The van der Waals surface area contributed by atoms with Crippen LogP contribution in [0.2, 0.25) is 0 Å². The molecular weight excluding hydrogens is 516 g/mol. The van der Waals surface area contributed by atoms with Gasteiger partial charge >= 0.3 is 0 Å². The van der Waals surface area contributed by atoms with Crippen molar-refractivity contribution in [3.05, 3.63) is 106 Å². The third kappa shape index (κ3) is 5.23. The molecule has 0 N–H and O–H groups in total. The molecule has 3 aromatic carbocycles. The number of rotatable bonds is 7. The summed E-state index contributed by atoms with van der Waals surface area (Å²) < 4.78 is 3.58. The molecule has 9 nitrogen and oxygen atoms in total. The van der Waals surface area contributed by atoms with Crippen molar-refractivity contribution in [3.63, 3.8) is 0 Å². The second kappa shape index (κ2) is 11.0. The molecule has 0 bridgehead atoms. The number of hydrogen-bond acceptors (Lipinski definition) is 6. The lowest BCUT2D eigenvalue weighted by Gasteiger charge is -2.36. The van der Waals surface area contributed by atoms with Gasteiger partial charge in [-0.3, -0.25) is 23.4 Å². The molecule has 5 aromatic rings. The molecule has 6 rings (SSSR count). The number of Topliss-reactive ketones (excluding diaryl/α,β-unsaturated/α-hetero) is 1. The van der Waals surface area contributed by atoms with Crippen LogP contribution in [0, 0.1) is 6.92 Å². The van der Waals surface area contributed by atoms with Gasteiger partial charge in [-0.2, -0.15) is 0 Å². The van der Waals surface area contributed by atoms with E-state index in [1.54, 1.807) is 11.5 Å². The Labute approximate surface area is 237 Å². The summed E-state index contributed by atoms with van der Waals surface area (Å²) in [4.78, 5) is 42.4. The largest absolute Gasteiger partial charge is 0.368 e. The van der Waals surface area contributed by atoms with Crippen LogP contribution in [0.5, 0.6) is 0 Å². The third-order valence-corrected chi connectivity index (χ3v) is 7.87. The maximum Gasteiger partial charge on any atom is 0.263 e. The number of fused-ring (bicyclic) bond motifs is 3. The normalized spacial score (nSPS) is 13.7. The number of carbonyl (C=O) groups is 2. The van der Waals surface area contributed by atoms with Gasteiger partial charge in [0.1, 0.15) is 5.82 Å². The number of amides is 1. The van der Waals surface area contributed by atoms with E-state index in [-0.39, 0.29) is 17.2 Å². The quantitative estimate of drug-likeness (QED) is 0.287. The summed E-state index contributed by atoms with van der Waals surface area (Å²) in [5.41, 5.74) is 4.54. The fourth-order valence-corrected chi connectivity index (χ4v) is 5.49. The maximum absolute atomic E-state index is 13.5. The smallest absolute Gasteiger partial charge is 0.263 e. The molecule has 1 amide bonds. The van der Waals surface area contributed by atoms with Crippen molar-refractivity contribution in [1.29, 1.82) is 0 Å². The number of ketones is 1. The predicted octanol–water partition coefficient (Wildman–Crippen LogP) is 3.88. The molecule has 208 valence electrons.